The largest absolute Gasteiger partial charge is 0.493 e. The van der Waals surface area contributed by atoms with Gasteiger partial charge in [0.25, 0.3) is 0 Å². The molecule has 7 heteroatoms. The maximum absolute atomic E-state index is 14.5. The van der Waals surface area contributed by atoms with Crippen molar-refractivity contribution >= 4 is 16.6 Å². The summed E-state index contributed by atoms with van der Waals surface area (Å²) in [6, 6.07) is 10.2. The highest BCUT2D eigenvalue weighted by atomic mass is 19.1. The van der Waals surface area contributed by atoms with Crippen molar-refractivity contribution in [2.45, 2.75) is 12.8 Å². The van der Waals surface area contributed by atoms with Crippen molar-refractivity contribution in [3.63, 3.8) is 0 Å². The number of nitrogens with zero attached hydrogens (tertiary/aromatic N) is 2. The number of benzene rings is 2. The van der Waals surface area contributed by atoms with Crippen molar-refractivity contribution in [1.82, 2.24) is 9.88 Å². The molecule has 2 atom stereocenters. The van der Waals surface area contributed by atoms with Crippen LogP contribution in [0.2, 0.25) is 0 Å². The van der Waals surface area contributed by atoms with E-state index in [1.165, 1.54) is 32.0 Å². The third kappa shape index (κ3) is 4.42. The molecule has 6 nitrogen and oxygen atoms in total. The van der Waals surface area contributed by atoms with E-state index >= 15 is 0 Å². The van der Waals surface area contributed by atoms with E-state index in [1.807, 2.05) is 12.1 Å². The molecule has 0 spiro atoms. The van der Waals surface area contributed by atoms with Crippen LogP contribution in [0.15, 0.2) is 42.6 Å². The summed E-state index contributed by atoms with van der Waals surface area (Å²) in [4.78, 5) is 6.91. The van der Waals surface area contributed by atoms with Gasteiger partial charge in [0.1, 0.15) is 5.75 Å². The van der Waals surface area contributed by atoms with Crippen molar-refractivity contribution < 1.29 is 18.6 Å². The number of ether oxygens (including phenoxy) is 3. The molecule has 2 unspecified atom stereocenters. The van der Waals surface area contributed by atoms with E-state index in [9.17, 15) is 4.39 Å². The molecule has 1 aliphatic carbocycles. The average Bonchev–Trinajstić information content (AvgIpc) is 3.35. The van der Waals surface area contributed by atoms with E-state index in [4.69, 9.17) is 14.2 Å². The van der Waals surface area contributed by atoms with Gasteiger partial charge in [0, 0.05) is 49.5 Å². The Kier molecular flexibility index (Phi) is 5.98. The van der Waals surface area contributed by atoms with Gasteiger partial charge in [0.15, 0.2) is 23.1 Å². The molecule has 2 aliphatic rings. The van der Waals surface area contributed by atoms with Gasteiger partial charge in [-0.1, -0.05) is 0 Å². The Bertz CT molecular complexity index is 1140. The molecule has 1 saturated heterocycles. The molecule has 0 bridgehead atoms. The van der Waals surface area contributed by atoms with Crippen molar-refractivity contribution in [3.05, 3.63) is 48.4 Å². The Morgan fingerprint density at radius 3 is 2.52 bits per heavy atom. The smallest absolute Gasteiger partial charge is 0.167 e. The fourth-order valence-corrected chi connectivity index (χ4v) is 5.35. The average molecular weight is 452 g/mol. The first kappa shape index (κ1) is 21.8. The van der Waals surface area contributed by atoms with Crippen LogP contribution < -0.4 is 19.5 Å². The maximum Gasteiger partial charge on any atom is 0.167 e. The summed E-state index contributed by atoms with van der Waals surface area (Å²) < 4.78 is 32.2. The molecule has 2 heterocycles. The molecule has 1 saturated carbocycles. The number of rotatable bonds is 7. The van der Waals surface area contributed by atoms with Crippen LogP contribution in [-0.4, -0.2) is 50.8 Å². The van der Waals surface area contributed by atoms with Gasteiger partial charge in [0.2, 0.25) is 0 Å². The predicted molar refractivity (Wildman–Crippen MR) is 127 cm³/mol. The molecule has 0 amide bonds. The van der Waals surface area contributed by atoms with Crippen LogP contribution in [0, 0.1) is 23.6 Å². The van der Waals surface area contributed by atoms with Gasteiger partial charge >= 0.3 is 0 Å². The first-order chi connectivity index (χ1) is 16.0. The minimum atomic E-state index is -0.439. The minimum Gasteiger partial charge on any atom is -0.493 e. The second-order valence-corrected chi connectivity index (χ2v) is 9.22. The zero-order valence-corrected chi connectivity index (χ0v) is 19.3. The van der Waals surface area contributed by atoms with Gasteiger partial charge in [-0.15, -0.1) is 0 Å². The van der Waals surface area contributed by atoms with Gasteiger partial charge in [-0.3, -0.25) is 4.98 Å². The van der Waals surface area contributed by atoms with Gasteiger partial charge in [-0.25, -0.2) is 4.39 Å². The van der Waals surface area contributed by atoms with Crippen LogP contribution >= 0.6 is 0 Å². The number of hydrogen-bond donors (Lipinski definition) is 1. The van der Waals surface area contributed by atoms with E-state index in [2.05, 4.69) is 22.2 Å². The fourth-order valence-electron chi connectivity index (χ4n) is 5.35. The zero-order chi connectivity index (χ0) is 22.9. The number of hydrogen-bond acceptors (Lipinski definition) is 6. The molecular weight excluding hydrogens is 421 g/mol. The lowest BCUT2D eigenvalue weighted by Gasteiger charge is -2.17. The van der Waals surface area contributed by atoms with Gasteiger partial charge in [-0.05, 0) is 61.9 Å². The van der Waals surface area contributed by atoms with Crippen molar-refractivity contribution in [2.75, 3.05) is 46.2 Å². The molecule has 2 fully saturated rings. The number of anilines is 1. The normalized spacial score (nSPS) is 22.4. The molecule has 33 heavy (non-hydrogen) atoms. The van der Waals surface area contributed by atoms with Crippen LogP contribution in [0.4, 0.5) is 10.1 Å². The molecular formula is C26H30FN3O3. The Labute approximate surface area is 193 Å². The molecule has 3 aromatic rings. The number of likely N-dealkylation sites (tertiary alicyclic amines) is 1. The summed E-state index contributed by atoms with van der Waals surface area (Å²) in [6.07, 6.45) is 4.10. The Hall–Kier alpha value is -3.06. The SMILES string of the molecule is CNc1ccc(Oc2ccnc3cc(OCC4CC5CN(C)CC5C4)c(OC)cc23)c(F)c1. The Balaban J connectivity index is 1.35. The van der Waals surface area contributed by atoms with Crippen LogP contribution in [0.25, 0.3) is 10.9 Å². The van der Waals surface area contributed by atoms with Crippen LogP contribution in [-0.2, 0) is 0 Å². The van der Waals surface area contributed by atoms with E-state index in [1.54, 1.807) is 38.6 Å². The van der Waals surface area contributed by atoms with Crippen molar-refractivity contribution in [1.29, 1.82) is 0 Å². The van der Waals surface area contributed by atoms with Gasteiger partial charge in [-0.2, -0.15) is 0 Å². The lowest BCUT2D eigenvalue weighted by molar-refractivity contribution is 0.227. The number of methoxy groups -OCH3 is 1. The quantitative estimate of drug-likeness (QED) is 0.534. The number of aromatic nitrogens is 1. The third-order valence-corrected chi connectivity index (χ3v) is 6.93. The molecule has 1 N–H and O–H groups in total. The first-order valence-corrected chi connectivity index (χ1v) is 11.5. The summed E-state index contributed by atoms with van der Waals surface area (Å²) in [5.41, 5.74) is 1.39. The number of halogens is 1. The fraction of sp³-hybridized carbons (Fsp3) is 0.423. The first-order valence-electron chi connectivity index (χ1n) is 11.5. The molecule has 1 aliphatic heterocycles. The van der Waals surface area contributed by atoms with Crippen molar-refractivity contribution in [2.24, 2.45) is 17.8 Å². The summed E-state index contributed by atoms with van der Waals surface area (Å²) >= 11 is 0. The van der Waals surface area contributed by atoms with Crippen LogP contribution in [0.3, 0.4) is 0 Å². The van der Waals surface area contributed by atoms with E-state index < -0.39 is 5.82 Å². The van der Waals surface area contributed by atoms with Crippen molar-refractivity contribution in [3.8, 4) is 23.0 Å². The topological polar surface area (TPSA) is 55.8 Å². The molecule has 0 radical (unpaired) electrons. The standard InChI is InChI=1S/C26H30FN3O3/c1-28-19-4-5-24(21(27)10-19)33-23-6-7-29-22-12-26(25(31-3)11-20(22)23)32-15-16-8-17-13-30(2)14-18(17)9-16/h4-7,10-12,16-18,28H,8-9,13-15H2,1-3H3. The lowest BCUT2D eigenvalue weighted by atomic mass is 10.0. The second-order valence-electron chi connectivity index (χ2n) is 9.22. The second kappa shape index (κ2) is 9.06. The van der Waals surface area contributed by atoms with Gasteiger partial charge < -0.3 is 24.4 Å². The Morgan fingerprint density at radius 2 is 1.82 bits per heavy atom. The lowest BCUT2D eigenvalue weighted by Crippen LogP contribution is -2.18. The molecule has 1 aromatic heterocycles. The minimum absolute atomic E-state index is 0.151. The third-order valence-electron chi connectivity index (χ3n) is 6.93. The number of pyridine rings is 1. The molecule has 5 rings (SSSR count). The summed E-state index contributed by atoms with van der Waals surface area (Å²) in [6.45, 7) is 3.08. The summed E-state index contributed by atoms with van der Waals surface area (Å²) in [5, 5.41) is 3.65. The van der Waals surface area contributed by atoms with Crippen LogP contribution in [0.5, 0.6) is 23.0 Å². The summed E-state index contributed by atoms with van der Waals surface area (Å²) in [5.74, 6) is 3.67. The zero-order valence-electron chi connectivity index (χ0n) is 19.3. The van der Waals surface area contributed by atoms with E-state index in [-0.39, 0.29) is 5.75 Å². The molecule has 174 valence electrons. The van der Waals surface area contributed by atoms with Gasteiger partial charge in [0.05, 0.1) is 19.2 Å². The Morgan fingerprint density at radius 1 is 1.03 bits per heavy atom. The molecule has 2 aromatic carbocycles. The highest BCUT2D eigenvalue weighted by molar-refractivity contribution is 5.88. The number of nitrogens with one attached hydrogen (secondary N) is 1. The van der Waals surface area contributed by atoms with E-state index in [0.29, 0.717) is 41.0 Å². The van der Waals surface area contributed by atoms with Crippen LogP contribution in [0.1, 0.15) is 12.8 Å². The summed E-state index contributed by atoms with van der Waals surface area (Å²) in [7, 11) is 5.58. The number of fused-ring (bicyclic) bond motifs is 2. The predicted octanol–water partition coefficient (Wildman–Crippen LogP) is 5.18. The monoisotopic (exact) mass is 451 g/mol. The maximum atomic E-state index is 14.5. The van der Waals surface area contributed by atoms with E-state index in [0.717, 1.165) is 17.2 Å². The highest BCUT2D eigenvalue weighted by Gasteiger charge is 2.39. The highest BCUT2D eigenvalue weighted by Crippen LogP contribution is 2.42.